The van der Waals surface area contributed by atoms with Crippen molar-refractivity contribution in [2.75, 3.05) is 14.1 Å². The second-order valence-corrected chi connectivity index (χ2v) is 13.5. The number of benzene rings is 4. The SMILES string of the molecule is CN=C1C(=NC)C(C)=c2nccnc2=C1C.Cc1c2nccnc2c(C)c2nccnc12.Cc1ccc(C)c2nc(-c3ccccc3)c(-c3ccccc3)nc12. The lowest BCUT2D eigenvalue weighted by Gasteiger charge is -2.14. The minimum atomic E-state index is 0.910. The van der Waals surface area contributed by atoms with E-state index in [0.717, 1.165) is 111 Å². The molecule has 4 aromatic heterocycles. The molecule has 56 heavy (non-hydrogen) atoms. The lowest BCUT2D eigenvalue weighted by Crippen LogP contribution is -2.43. The molecule has 0 bridgehead atoms. The van der Waals surface area contributed by atoms with Crippen LogP contribution in [0.15, 0.2) is 120 Å². The Balaban J connectivity index is 0.000000133. The van der Waals surface area contributed by atoms with Gasteiger partial charge in [-0.2, -0.15) is 0 Å². The monoisotopic (exact) mass is 734 g/mol. The number of aliphatic imine (C=N–C) groups is 2. The number of aromatic nitrogens is 8. The fraction of sp³-hybridized carbons (Fsp3) is 0.174. The summed E-state index contributed by atoms with van der Waals surface area (Å²) in [7, 11) is 3.55. The van der Waals surface area contributed by atoms with Gasteiger partial charge in [-0.25, -0.2) is 9.97 Å². The molecule has 0 radical (unpaired) electrons. The van der Waals surface area contributed by atoms with Crippen LogP contribution in [0, 0.1) is 27.7 Å². The minimum absolute atomic E-state index is 0.910. The van der Waals surface area contributed by atoms with Crippen LogP contribution in [0.5, 0.6) is 0 Å². The first-order valence-electron chi connectivity index (χ1n) is 18.4. The van der Waals surface area contributed by atoms with Crippen LogP contribution < -0.4 is 10.7 Å². The number of fused-ring (bicyclic) bond motifs is 4. The zero-order valence-electron chi connectivity index (χ0n) is 32.9. The molecule has 0 saturated carbocycles. The van der Waals surface area contributed by atoms with Crippen molar-refractivity contribution in [2.24, 2.45) is 9.98 Å². The van der Waals surface area contributed by atoms with Crippen LogP contribution in [0.4, 0.5) is 0 Å². The predicted molar refractivity (Wildman–Crippen MR) is 228 cm³/mol. The van der Waals surface area contributed by atoms with Gasteiger partial charge in [0.25, 0.3) is 0 Å². The van der Waals surface area contributed by atoms with E-state index in [1.165, 1.54) is 0 Å². The third-order valence-electron chi connectivity index (χ3n) is 9.93. The van der Waals surface area contributed by atoms with E-state index in [1.54, 1.807) is 51.3 Å². The summed E-state index contributed by atoms with van der Waals surface area (Å²) >= 11 is 0. The predicted octanol–water partition coefficient (Wildman–Crippen LogP) is 7.74. The van der Waals surface area contributed by atoms with Gasteiger partial charge < -0.3 is 0 Å². The summed E-state index contributed by atoms with van der Waals surface area (Å²) < 4.78 is 0. The average Bonchev–Trinajstić information content (AvgIpc) is 3.26. The highest BCUT2D eigenvalue weighted by molar-refractivity contribution is 6.66. The molecule has 276 valence electrons. The molecule has 1 aliphatic rings. The molecule has 8 aromatic rings. The largest absolute Gasteiger partial charge is 0.286 e. The molecule has 0 spiro atoms. The van der Waals surface area contributed by atoms with Gasteiger partial charge in [0.2, 0.25) is 0 Å². The van der Waals surface area contributed by atoms with E-state index < -0.39 is 0 Å². The molecule has 4 aromatic carbocycles. The first kappa shape index (κ1) is 37.4. The first-order valence-corrected chi connectivity index (χ1v) is 18.4. The maximum atomic E-state index is 5.02. The number of nitrogens with zero attached hydrogens (tertiary/aromatic N) is 10. The highest BCUT2D eigenvalue weighted by atomic mass is 14.8. The summed E-state index contributed by atoms with van der Waals surface area (Å²) in [5, 5.41) is 1.82. The molecule has 0 unspecified atom stereocenters. The smallest absolute Gasteiger partial charge is 0.0973 e. The summed E-state index contributed by atoms with van der Waals surface area (Å²) in [6.45, 7) is 12.2. The van der Waals surface area contributed by atoms with Crippen LogP contribution in [0.3, 0.4) is 0 Å². The summed E-state index contributed by atoms with van der Waals surface area (Å²) in [6.07, 6.45) is 10.2. The molecular weight excluding hydrogens is 693 g/mol. The normalized spacial score (nSPS) is 13.7. The van der Waals surface area contributed by atoms with Crippen molar-refractivity contribution in [1.82, 2.24) is 39.9 Å². The van der Waals surface area contributed by atoms with E-state index >= 15 is 0 Å². The topological polar surface area (TPSA) is 128 Å². The van der Waals surface area contributed by atoms with Crippen LogP contribution >= 0.6 is 0 Å². The Hall–Kier alpha value is -6.94. The Bertz CT molecular complexity index is 2680. The van der Waals surface area contributed by atoms with Gasteiger partial charge in [-0.3, -0.25) is 39.9 Å². The lowest BCUT2D eigenvalue weighted by atomic mass is 9.96. The third-order valence-corrected chi connectivity index (χ3v) is 9.93. The third kappa shape index (κ3) is 7.04. The van der Waals surface area contributed by atoms with E-state index in [9.17, 15) is 0 Å². The molecule has 9 rings (SSSR count). The van der Waals surface area contributed by atoms with E-state index in [4.69, 9.17) is 9.97 Å². The molecule has 1 aliphatic carbocycles. The number of hydrogen-bond donors (Lipinski definition) is 0. The molecule has 0 amide bonds. The Kier molecular flexibility index (Phi) is 10.8. The maximum Gasteiger partial charge on any atom is 0.0973 e. The molecule has 0 aliphatic heterocycles. The second kappa shape index (κ2) is 16.2. The maximum absolute atomic E-state index is 5.02. The van der Waals surface area contributed by atoms with E-state index in [0.29, 0.717) is 0 Å². The fourth-order valence-corrected chi connectivity index (χ4v) is 7.00. The van der Waals surface area contributed by atoms with Crippen molar-refractivity contribution >= 4 is 55.7 Å². The van der Waals surface area contributed by atoms with Crippen molar-refractivity contribution in [3.8, 4) is 22.5 Å². The number of aryl methyl sites for hydroxylation is 4. The summed E-state index contributed by atoms with van der Waals surface area (Å²) in [5.74, 6) is 0. The summed E-state index contributed by atoms with van der Waals surface area (Å²) in [5.41, 5.74) is 17.9. The zero-order chi connectivity index (χ0) is 39.3. The molecule has 0 fully saturated rings. The van der Waals surface area contributed by atoms with Crippen LogP contribution in [-0.2, 0) is 0 Å². The Morgan fingerprint density at radius 3 is 1.02 bits per heavy atom. The standard InChI is InChI=1S/C22H18N2.C12H10N4.C12H14N4/c1-15-13-14-16(2)20-19(15)23-21(17-9-5-3-6-10-17)22(24-20)18-11-7-4-8-12-18;1-7-9-11(15-5-3-13-9)8(2)12-10(7)14-4-6-16-12;1-7-9(13-3)10(14-4)8(2)12-11(7)15-5-6-16-12/h3-14H,1-2H3;3-6H,1-2H3;5-6H,1-4H3. The Morgan fingerprint density at radius 1 is 0.375 bits per heavy atom. The van der Waals surface area contributed by atoms with Gasteiger partial charge in [-0.05, 0) is 52.7 Å². The molecule has 10 nitrogen and oxygen atoms in total. The van der Waals surface area contributed by atoms with Crippen molar-refractivity contribution in [2.45, 2.75) is 41.5 Å². The van der Waals surface area contributed by atoms with E-state index in [-0.39, 0.29) is 0 Å². The van der Waals surface area contributed by atoms with Gasteiger partial charge in [0.1, 0.15) is 0 Å². The van der Waals surface area contributed by atoms with E-state index in [2.05, 4.69) is 90.1 Å². The van der Waals surface area contributed by atoms with Gasteiger partial charge in [0.05, 0.1) is 66.6 Å². The quantitative estimate of drug-likeness (QED) is 0.165. The average molecular weight is 735 g/mol. The van der Waals surface area contributed by atoms with Crippen molar-refractivity contribution in [3.05, 3.63) is 143 Å². The minimum Gasteiger partial charge on any atom is -0.286 e. The molecule has 0 atom stereocenters. The first-order chi connectivity index (χ1) is 27.2. The van der Waals surface area contributed by atoms with Crippen molar-refractivity contribution in [3.63, 3.8) is 0 Å². The van der Waals surface area contributed by atoms with Crippen LogP contribution in [0.25, 0.3) is 66.8 Å². The van der Waals surface area contributed by atoms with Gasteiger partial charge in [0.15, 0.2) is 0 Å². The van der Waals surface area contributed by atoms with Crippen LogP contribution in [0.1, 0.15) is 36.1 Å². The number of rotatable bonds is 2. The molecular formula is C46H42N10. The fourth-order valence-electron chi connectivity index (χ4n) is 7.00. The zero-order valence-corrected chi connectivity index (χ0v) is 32.9. The molecule has 0 N–H and O–H groups in total. The van der Waals surface area contributed by atoms with Gasteiger partial charge in [-0.15, -0.1) is 0 Å². The highest BCUT2D eigenvalue weighted by Crippen LogP contribution is 2.32. The van der Waals surface area contributed by atoms with E-state index in [1.807, 2.05) is 64.1 Å². The molecule has 10 heteroatoms. The lowest BCUT2D eigenvalue weighted by molar-refractivity contribution is 1.08. The van der Waals surface area contributed by atoms with Crippen molar-refractivity contribution < 1.29 is 0 Å². The Labute approximate surface area is 325 Å². The van der Waals surface area contributed by atoms with Gasteiger partial charge in [0, 0.05) is 84.7 Å². The number of hydrogen-bond acceptors (Lipinski definition) is 10. The highest BCUT2D eigenvalue weighted by Gasteiger charge is 2.20. The summed E-state index contributed by atoms with van der Waals surface area (Å²) in [6, 6.07) is 24.8. The molecule has 0 saturated heterocycles. The van der Waals surface area contributed by atoms with Crippen LogP contribution in [-0.4, -0.2) is 65.4 Å². The van der Waals surface area contributed by atoms with Crippen LogP contribution in [0.2, 0.25) is 0 Å². The van der Waals surface area contributed by atoms with Gasteiger partial charge >= 0.3 is 0 Å². The Morgan fingerprint density at radius 2 is 0.696 bits per heavy atom. The molecule has 4 heterocycles. The van der Waals surface area contributed by atoms with Crippen molar-refractivity contribution in [1.29, 1.82) is 0 Å². The summed E-state index contributed by atoms with van der Waals surface area (Å²) in [4.78, 5) is 44.8. The second-order valence-electron chi connectivity index (χ2n) is 13.5. The van der Waals surface area contributed by atoms with Gasteiger partial charge in [-0.1, -0.05) is 72.8 Å².